The Morgan fingerprint density at radius 1 is 0.547 bits per heavy atom. The molecule has 0 radical (unpaired) electrons. The maximum Gasteiger partial charge on any atom is 0.306 e. The highest BCUT2D eigenvalue weighted by atomic mass is 16.7. The van der Waals surface area contributed by atoms with Crippen molar-refractivity contribution in [2.45, 2.75) is 243 Å². The zero-order chi connectivity index (χ0) is 54.7. The molecular formula is C64H103NO10. The lowest BCUT2D eigenvalue weighted by atomic mass is 9.99. The SMILES string of the molecule is CC/C=C\C/C=C\C/C=C\C/C=C\C/C=C\CCCCC(O)C(=O)NC(COC1OC(CO)C(O)C(O)C1OC(=O)CCCCC/C=C/C=C\C=C/C=C/C=C/CC)C(O)/C=C/CCCCCCCCCCCCC. The average Bonchev–Trinajstić information content (AvgIpc) is 3.41. The summed E-state index contributed by atoms with van der Waals surface area (Å²) in [6, 6.07) is -1.06. The molecular weight excluding hydrogens is 943 g/mol. The summed E-state index contributed by atoms with van der Waals surface area (Å²) in [5, 5.41) is 56.8. The average molecular weight is 1050 g/mol. The van der Waals surface area contributed by atoms with Crippen molar-refractivity contribution in [3.8, 4) is 0 Å². The summed E-state index contributed by atoms with van der Waals surface area (Å²) in [4.78, 5) is 26.5. The summed E-state index contributed by atoms with van der Waals surface area (Å²) >= 11 is 0. The summed E-state index contributed by atoms with van der Waals surface area (Å²) in [5.74, 6) is -1.29. The van der Waals surface area contributed by atoms with Gasteiger partial charge in [-0.1, -0.05) is 231 Å². The first-order valence-corrected chi connectivity index (χ1v) is 29.0. The fourth-order valence-electron chi connectivity index (χ4n) is 8.11. The quantitative estimate of drug-likeness (QED) is 0.0149. The summed E-state index contributed by atoms with van der Waals surface area (Å²) < 4.78 is 17.5. The normalized spacial score (nSPS) is 20.2. The van der Waals surface area contributed by atoms with Crippen LogP contribution in [0, 0.1) is 0 Å². The summed E-state index contributed by atoms with van der Waals surface area (Å²) in [6.07, 6.45) is 60.6. The summed E-state index contributed by atoms with van der Waals surface area (Å²) in [5.41, 5.74) is 0. The minimum absolute atomic E-state index is 0.0619. The molecule has 0 aromatic heterocycles. The van der Waals surface area contributed by atoms with E-state index in [4.69, 9.17) is 14.2 Å². The maximum atomic E-state index is 13.4. The zero-order valence-corrected chi connectivity index (χ0v) is 46.6. The van der Waals surface area contributed by atoms with Crippen molar-refractivity contribution >= 4 is 11.9 Å². The highest BCUT2D eigenvalue weighted by Gasteiger charge is 2.47. The minimum Gasteiger partial charge on any atom is -0.454 e. The fourth-order valence-corrected chi connectivity index (χ4v) is 8.11. The van der Waals surface area contributed by atoms with Crippen LogP contribution in [0.1, 0.15) is 194 Å². The molecule has 11 heteroatoms. The van der Waals surface area contributed by atoms with Crippen LogP contribution in [0.2, 0.25) is 0 Å². The molecule has 8 atom stereocenters. The lowest BCUT2D eigenvalue weighted by molar-refractivity contribution is -0.305. The Kier molecular flexibility index (Phi) is 46.4. The Balaban J connectivity index is 2.80. The van der Waals surface area contributed by atoms with Gasteiger partial charge in [0.25, 0.3) is 0 Å². The van der Waals surface area contributed by atoms with Gasteiger partial charge in [-0.3, -0.25) is 9.59 Å². The molecule has 424 valence electrons. The smallest absolute Gasteiger partial charge is 0.306 e. The molecule has 1 aliphatic rings. The first-order valence-electron chi connectivity index (χ1n) is 29.0. The second kappa shape index (κ2) is 50.6. The fraction of sp³-hybridized carbons (Fsp3) is 0.625. The molecule has 0 aliphatic carbocycles. The van der Waals surface area contributed by atoms with Crippen molar-refractivity contribution in [3.05, 3.63) is 134 Å². The number of rotatable bonds is 46. The van der Waals surface area contributed by atoms with Crippen molar-refractivity contribution < 1.29 is 49.3 Å². The Morgan fingerprint density at radius 2 is 1.03 bits per heavy atom. The zero-order valence-electron chi connectivity index (χ0n) is 46.6. The molecule has 0 bridgehead atoms. The minimum atomic E-state index is -1.65. The third-order valence-electron chi connectivity index (χ3n) is 12.7. The van der Waals surface area contributed by atoms with Crippen LogP contribution >= 0.6 is 0 Å². The Bertz CT molecular complexity index is 1720. The third-order valence-corrected chi connectivity index (χ3v) is 12.7. The lowest BCUT2D eigenvalue weighted by Crippen LogP contribution is -2.61. The number of nitrogens with one attached hydrogen (secondary N) is 1. The molecule has 1 rings (SSSR count). The molecule has 1 aliphatic heterocycles. The molecule has 0 aromatic carbocycles. The van der Waals surface area contributed by atoms with Crippen LogP contribution in [0.3, 0.4) is 0 Å². The standard InChI is InChI=1S/C64H103NO10/c1-4-7-10-13-16-19-22-25-27-28-29-31-33-36-39-42-45-48-51-57(68)63(72)65-55(56(67)50-47-44-41-38-35-32-24-21-18-15-12-9-6-3)54-73-64-62(61(71)60(70)58(53-66)74-64)75-59(69)52-49-46-43-40-37-34-30-26-23-20-17-14-11-8-5-2/h7-8,10-11,14,16-17,19-20,23,25-27,29-31,34,36-37,39,47,50,55-58,60-62,64,66-68,70-71H,4-6,9,12-13,15,18,21-22,24,28,32-33,35,38,40-46,48-49,51-54H2,1-3H3,(H,65,72)/b10-7-,11-8+,17-14+,19-16-,23-20-,27-25-,30-26-,31-29-,37-34+,39-36-,50-47+. The van der Waals surface area contributed by atoms with Gasteiger partial charge in [0, 0.05) is 6.42 Å². The molecule has 6 N–H and O–H groups in total. The number of ether oxygens (including phenoxy) is 3. The Hall–Kier alpha value is -4.20. The molecule has 1 heterocycles. The predicted octanol–water partition coefficient (Wildman–Crippen LogP) is 13.3. The van der Waals surface area contributed by atoms with Crippen molar-refractivity contribution in [3.63, 3.8) is 0 Å². The second-order valence-electron chi connectivity index (χ2n) is 19.4. The van der Waals surface area contributed by atoms with Gasteiger partial charge in [0.15, 0.2) is 12.4 Å². The number of hydrogen-bond donors (Lipinski definition) is 6. The van der Waals surface area contributed by atoms with Crippen LogP contribution in [0.5, 0.6) is 0 Å². The van der Waals surface area contributed by atoms with Crippen LogP contribution in [0.15, 0.2) is 134 Å². The number of aliphatic hydroxyl groups is 5. The number of allylic oxidation sites excluding steroid dienone is 21. The Labute approximate surface area is 454 Å². The highest BCUT2D eigenvalue weighted by molar-refractivity contribution is 5.80. The van der Waals surface area contributed by atoms with Crippen molar-refractivity contribution in [1.29, 1.82) is 0 Å². The molecule has 75 heavy (non-hydrogen) atoms. The van der Waals surface area contributed by atoms with E-state index < -0.39 is 67.4 Å². The van der Waals surface area contributed by atoms with E-state index in [1.807, 2.05) is 54.7 Å². The van der Waals surface area contributed by atoms with Gasteiger partial charge >= 0.3 is 5.97 Å². The monoisotopic (exact) mass is 1050 g/mol. The van der Waals surface area contributed by atoms with Crippen molar-refractivity contribution in [2.75, 3.05) is 13.2 Å². The van der Waals surface area contributed by atoms with Crippen LogP contribution in [0.25, 0.3) is 0 Å². The van der Waals surface area contributed by atoms with Crippen LogP contribution in [0.4, 0.5) is 0 Å². The predicted molar refractivity (Wildman–Crippen MR) is 310 cm³/mol. The highest BCUT2D eigenvalue weighted by Crippen LogP contribution is 2.26. The van der Waals surface area contributed by atoms with Crippen molar-refractivity contribution in [2.24, 2.45) is 0 Å². The molecule has 1 saturated heterocycles. The first kappa shape index (κ1) is 68.8. The number of aliphatic hydroxyl groups excluding tert-OH is 5. The van der Waals surface area contributed by atoms with Gasteiger partial charge in [-0.05, 0) is 89.9 Å². The van der Waals surface area contributed by atoms with Gasteiger partial charge < -0.3 is 45.1 Å². The second-order valence-corrected chi connectivity index (χ2v) is 19.4. The molecule has 0 aromatic rings. The van der Waals surface area contributed by atoms with Crippen LogP contribution in [-0.2, 0) is 23.8 Å². The van der Waals surface area contributed by atoms with E-state index in [0.29, 0.717) is 12.8 Å². The number of unbranched alkanes of at least 4 members (excludes halogenated alkanes) is 16. The topological polar surface area (TPSA) is 175 Å². The van der Waals surface area contributed by atoms with Gasteiger partial charge in [-0.25, -0.2) is 0 Å². The van der Waals surface area contributed by atoms with E-state index in [2.05, 4.69) is 99.0 Å². The molecule has 0 saturated carbocycles. The van der Waals surface area contributed by atoms with E-state index in [9.17, 15) is 35.1 Å². The third kappa shape index (κ3) is 38.9. The van der Waals surface area contributed by atoms with Crippen LogP contribution < -0.4 is 5.32 Å². The molecule has 0 spiro atoms. The van der Waals surface area contributed by atoms with Gasteiger partial charge in [-0.15, -0.1) is 0 Å². The van der Waals surface area contributed by atoms with E-state index in [1.165, 1.54) is 51.4 Å². The maximum absolute atomic E-state index is 13.4. The molecule has 1 amide bonds. The summed E-state index contributed by atoms with van der Waals surface area (Å²) in [7, 11) is 0. The van der Waals surface area contributed by atoms with Crippen molar-refractivity contribution in [1.82, 2.24) is 5.32 Å². The Morgan fingerprint density at radius 3 is 1.60 bits per heavy atom. The first-order chi connectivity index (χ1) is 36.7. The van der Waals surface area contributed by atoms with Gasteiger partial charge in [-0.2, -0.15) is 0 Å². The number of carbonyl (C=O) groups is 2. The van der Waals surface area contributed by atoms with Gasteiger partial charge in [0.1, 0.15) is 24.4 Å². The largest absolute Gasteiger partial charge is 0.454 e. The number of esters is 1. The molecule has 11 nitrogen and oxygen atoms in total. The van der Waals surface area contributed by atoms with E-state index in [1.54, 1.807) is 6.08 Å². The number of amides is 1. The summed E-state index contributed by atoms with van der Waals surface area (Å²) in [6.45, 7) is 5.46. The van der Waals surface area contributed by atoms with Crippen LogP contribution in [-0.4, -0.2) is 99.6 Å². The van der Waals surface area contributed by atoms with E-state index in [-0.39, 0.29) is 19.4 Å². The van der Waals surface area contributed by atoms with Gasteiger partial charge in [0.05, 0.1) is 25.4 Å². The number of hydrogen-bond acceptors (Lipinski definition) is 10. The van der Waals surface area contributed by atoms with Gasteiger partial charge in [0.2, 0.25) is 5.91 Å². The molecule has 8 unspecified atom stereocenters. The van der Waals surface area contributed by atoms with E-state index in [0.717, 1.165) is 96.3 Å². The van der Waals surface area contributed by atoms with E-state index >= 15 is 0 Å². The molecule has 1 fully saturated rings. The lowest BCUT2D eigenvalue weighted by Gasteiger charge is -2.41. The number of carbonyl (C=O) groups excluding carboxylic acids is 2.